The number of carbonyl (C=O) groups is 3. The first-order valence-corrected chi connectivity index (χ1v) is 14.6. The number of halogens is 1. The molecule has 3 amide bonds. The van der Waals surface area contributed by atoms with Crippen LogP contribution < -0.4 is 15.6 Å². The van der Waals surface area contributed by atoms with Crippen LogP contribution in [-0.4, -0.2) is 56.3 Å². The van der Waals surface area contributed by atoms with Gasteiger partial charge in [-0.1, -0.05) is 29.8 Å². The number of nitrogens with zero attached hydrogens (tertiary/aromatic N) is 3. The zero-order chi connectivity index (χ0) is 30.8. The molecule has 0 unspecified atom stereocenters. The number of ether oxygens (including phenoxy) is 1. The first-order chi connectivity index (χ1) is 20.5. The Kier molecular flexibility index (Phi) is 8.68. The van der Waals surface area contributed by atoms with Crippen LogP contribution >= 0.6 is 11.6 Å². The van der Waals surface area contributed by atoms with Crippen molar-refractivity contribution in [3.63, 3.8) is 0 Å². The molecule has 2 N–H and O–H groups in total. The second-order valence-electron chi connectivity index (χ2n) is 11.0. The van der Waals surface area contributed by atoms with Gasteiger partial charge in [0.2, 0.25) is 11.8 Å². The fraction of sp³-hybridized carbons (Fsp3) is 0.344. The Bertz CT molecular complexity index is 1670. The molecule has 43 heavy (non-hydrogen) atoms. The predicted molar refractivity (Wildman–Crippen MR) is 162 cm³/mol. The molecule has 2 aliphatic heterocycles. The number of hydrogen-bond donors (Lipinski definition) is 2. The lowest BCUT2D eigenvalue weighted by Crippen LogP contribution is -2.49. The van der Waals surface area contributed by atoms with Crippen LogP contribution in [0.3, 0.4) is 0 Å². The lowest BCUT2D eigenvalue weighted by Gasteiger charge is -2.36. The summed E-state index contributed by atoms with van der Waals surface area (Å²) in [6.07, 6.45) is 3.86. The van der Waals surface area contributed by atoms with E-state index in [0.717, 1.165) is 17.7 Å². The zero-order valence-electron chi connectivity index (χ0n) is 24.5. The third-order valence-corrected chi connectivity index (χ3v) is 8.12. The Morgan fingerprint density at radius 1 is 1.09 bits per heavy atom. The average Bonchev–Trinajstić information content (AvgIpc) is 3.61. The molecule has 0 saturated carbocycles. The van der Waals surface area contributed by atoms with E-state index in [1.807, 2.05) is 36.1 Å². The van der Waals surface area contributed by atoms with Crippen molar-refractivity contribution in [1.29, 1.82) is 0 Å². The first-order valence-electron chi connectivity index (χ1n) is 14.3. The minimum Gasteiger partial charge on any atom is -0.451 e. The molecule has 0 aliphatic carbocycles. The van der Waals surface area contributed by atoms with E-state index in [4.69, 9.17) is 16.3 Å². The number of carbonyl (C=O) groups excluding carboxylic acids is 3. The summed E-state index contributed by atoms with van der Waals surface area (Å²) in [6, 6.07) is 12.3. The Morgan fingerprint density at radius 2 is 1.88 bits per heavy atom. The number of hydrogen-bond acceptors (Lipinski definition) is 6. The van der Waals surface area contributed by atoms with Gasteiger partial charge in [0, 0.05) is 35.3 Å². The average molecular weight is 604 g/mol. The van der Waals surface area contributed by atoms with Crippen LogP contribution in [-0.2, 0) is 9.59 Å². The molecular formula is C32H34ClN5O5. The third-order valence-electron chi connectivity index (χ3n) is 7.89. The molecule has 224 valence electrons. The summed E-state index contributed by atoms with van der Waals surface area (Å²) < 4.78 is 5.77. The van der Waals surface area contributed by atoms with Crippen LogP contribution in [0.2, 0.25) is 5.02 Å². The van der Waals surface area contributed by atoms with Gasteiger partial charge < -0.3 is 19.9 Å². The molecule has 2 aliphatic rings. The second-order valence-corrected chi connectivity index (χ2v) is 11.4. The van der Waals surface area contributed by atoms with Crippen LogP contribution in [0, 0.1) is 13.8 Å². The van der Waals surface area contributed by atoms with Gasteiger partial charge in [-0.15, -0.1) is 0 Å². The highest BCUT2D eigenvalue weighted by molar-refractivity contribution is 6.30. The first kappa shape index (κ1) is 30.0. The summed E-state index contributed by atoms with van der Waals surface area (Å²) in [7, 11) is 0. The number of aromatic amines is 1. The monoisotopic (exact) mass is 603 g/mol. The smallest absolute Gasteiger partial charge is 0.307 e. The number of rotatable bonds is 8. The molecule has 3 atom stereocenters. The van der Waals surface area contributed by atoms with Crippen molar-refractivity contribution in [1.82, 2.24) is 25.3 Å². The van der Waals surface area contributed by atoms with Crippen LogP contribution in [0.15, 0.2) is 65.1 Å². The molecular weight excluding hydrogens is 570 g/mol. The van der Waals surface area contributed by atoms with Gasteiger partial charge in [0.1, 0.15) is 11.8 Å². The maximum Gasteiger partial charge on any atom is 0.307 e. The summed E-state index contributed by atoms with van der Waals surface area (Å²) in [5.74, 6) is -0.136. The van der Waals surface area contributed by atoms with Crippen LogP contribution in [0.25, 0.3) is 0 Å². The Labute approximate surface area is 254 Å². The lowest BCUT2D eigenvalue weighted by atomic mass is 10.0. The lowest BCUT2D eigenvalue weighted by molar-refractivity contribution is -0.135. The van der Waals surface area contributed by atoms with Gasteiger partial charge in [-0.3, -0.25) is 19.2 Å². The van der Waals surface area contributed by atoms with Crippen molar-refractivity contribution < 1.29 is 19.1 Å². The van der Waals surface area contributed by atoms with Gasteiger partial charge in [-0.05, 0) is 82.0 Å². The van der Waals surface area contributed by atoms with Crippen molar-refractivity contribution in [3.05, 3.63) is 98.1 Å². The summed E-state index contributed by atoms with van der Waals surface area (Å²) >= 11 is 6.30. The topological polar surface area (TPSA) is 125 Å². The molecule has 5 rings (SSSR count). The van der Waals surface area contributed by atoms with Crippen molar-refractivity contribution in [3.8, 4) is 11.5 Å². The molecule has 10 nitrogen and oxygen atoms in total. The summed E-state index contributed by atoms with van der Waals surface area (Å²) in [5.41, 5.74) is 2.72. The largest absolute Gasteiger partial charge is 0.451 e. The van der Waals surface area contributed by atoms with E-state index < -0.39 is 17.5 Å². The molecule has 3 heterocycles. The highest BCUT2D eigenvalue weighted by Crippen LogP contribution is 2.39. The number of H-pyrrole nitrogens is 1. The Morgan fingerprint density at radius 3 is 2.58 bits per heavy atom. The minimum absolute atomic E-state index is 0.0693. The molecule has 1 aromatic heterocycles. The van der Waals surface area contributed by atoms with E-state index in [1.54, 1.807) is 49.9 Å². The Balaban J connectivity index is 1.34. The Hall–Kier alpha value is -4.44. The fourth-order valence-electron chi connectivity index (χ4n) is 5.64. The minimum atomic E-state index is -0.869. The van der Waals surface area contributed by atoms with Crippen LogP contribution in [0.4, 0.5) is 0 Å². The highest BCUT2D eigenvalue weighted by Gasteiger charge is 2.40. The molecule has 1 fully saturated rings. The van der Waals surface area contributed by atoms with Crippen molar-refractivity contribution in [2.45, 2.75) is 65.1 Å². The maximum absolute atomic E-state index is 14.1. The predicted octanol–water partition coefficient (Wildman–Crippen LogP) is 4.82. The fourth-order valence-corrected chi connectivity index (χ4v) is 5.84. The summed E-state index contributed by atoms with van der Waals surface area (Å²) in [5, 5.41) is 9.63. The number of nitrogens with one attached hydrogen (secondary N) is 2. The van der Waals surface area contributed by atoms with Gasteiger partial charge in [-0.25, -0.2) is 5.10 Å². The maximum atomic E-state index is 14.1. The van der Waals surface area contributed by atoms with E-state index in [0.29, 0.717) is 47.0 Å². The molecule has 0 bridgehead atoms. The molecule has 0 radical (unpaired) electrons. The number of amides is 3. The van der Waals surface area contributed by atoms with E-state index in [9.17, 15) is 19.2 Å². The van der Waals surface area contributed by atoms with E-state index in [-0.39, 0.29) is 29.6 Å². The summed E-state index contributed by atoms with van der Waals surface area (Å²) in [6.45, 7) is 7.73. The van der Waals surface area contributed by atoms with Gasteiger partial charge in [-0.2, -0.15) is 5.10 Å². The quantitative estimate of drug-likeness (QED) is 0.380. The van der Waals surface area contributed by atoms with Crippen molar-refractivity contribution in [2.75, 3.05) is 6.54 Å². The van der Waals surface area contributed by atoms with Crippen molar-refractivity contribution in [2.24, 2.45) is 0 Å². The van der Waals surface area contributed by atoms with Gasteiger partial charge in [0.25, 0.3) is 5.91 Å². The number of likely N-dealkylation sites (tertiary alicyclic amines) is 1. The van der Waals surface area contributed by atoms with Crippen LogP contribution in [0.5, 0.6) is 11.5 Å². The standard InChI is InChI=1S/C32H34ClN5O5/c1-18-15-23(10-13-27(18)43-28-16-19(2)35-36-31(28)41)30(40)34-20(3)32(42)38-25(21(4)37-14-6-9-29(37)39)11-12-26(38)22-7-5-8-24(33)17-22/h5,7-8,10-11,13,15-17,20-21,26H,6,9,12,14H2,1-4H3,(H,34,40)(H,36,41)/t20-,21+,26+/m1/s1. The third kappa shape index (κ3) is 6.34. The molecule has 11 heteroatoms. The second kappa shape index (κ2) is 12.4. The van der Waals surface area contributed by atoms with Crippen molar-refractivity contribution >= 4 is 29.3 Å². The van der Waals surface area contributed by atoms with E-state index in [2.05, 4.69) is 15.5 Å². The van der Waals surface area contributed by atoms with Gasteiger partial charge in [0.15, 0.2) is 5.75 Å². The number of aromatic nitrogens is 2. The van der Waals surface area contributed by atoms with Gasteiger partial charge >= 0.3 is 5.56 Å². The van der Waals surface area contributed by atoms with Crippen LogP contribution in [0.1, 0.15) is 66.3 Å². The summed E-state index contributed by atoms with van der Waals surface area (Å²) in [4.78, 5) is 55.5. The van der Waals surface area contributed by atoms with E-state index >= 15 is 0 Å². The van der Waals surface area contributed by atoms with Gasteiger partial charge in [0.05, 0.1) is 17.8 Å². The number of aryl methyl sites for hydroxylation is 2. The molecule has 1 saturated heterocycles. The normalized spacial score (nSPS) is 17.9. The van der Waals surface area contributed by atoms with E-state index in [1.165, 1.54) is 6.07 Å². The SMILES string of the molecule is Cc1cc(Oc2ccc(C(=O)N[C@H](C)C(=O)N3C([C@H](C)N4CCCC4=O)=CC[C@H]3c3cccc(Cl)c3)cc2C)c(=O)[nH]n1. The highest BCUT2D eigenvalue weighted by atomic mass is 35.5. The molecule has 0 spiro atoms. The zero-order valence-corrected chi connectivity index (χ0v) is 25.3. The molecule has 3 aromatic rings. The molecule has 2 aromatic carbocycles. The number of benzene rings is 2.